The molecule has 1 amide bonds. The summed E-state index contributed by atoms with van der Waals surface area (Å²) in [5, 5.41) is 2.30. The Balaban J connectivity index is 1.86. The quantitative estimate of drug-likeness (QED) is 0.831. The summed E-state index contributed by atoms with van der Waals surface area (Å²) < 4.78 is 32.9. The predicted octanol–water partition coefficient (Wildman–Crippen LogP) is 3.61. The van der Waals surface area contributed by atoms with Gasteiger partial charge in [0.15, 0.2) is 0 Å². The minimum Gasteiger partial charge on any atom is -0.492 e. The number of nitrogens with zero attached hydrogens (tertiary/aromatic N) is 1. The molecule has 0 aliphatic rings. The number of para-hydroxylation sites is 1. The molecule has 0 aliphatic heterocycles. The van der Waals surface area contributed by atoms with Crippen LogP contribution in [-0.4, -0.2) is 37.0 Å². The Bertz CT molecular complexity index is 717. The van der Waals surface area contributed by atoms with Gasteiger partial charge in [-0.1, -0.05) is 18.2 Å². The Kier molecular flexibility index (Phi) is 6.47. The summed E-state index contributed by atoms with van der Waals surface area (Å²) in [4.78, 5) is 14.0. The van der Waals surface area contributed by atoms with Crippen LogP contribution in [0.4, 0.5) is 14.5 Å². The van der Waals surface area contributed by atoms with Crippen LogP contribution in [0.5, 0.6) is 5.75 Å². The Morgan fingerprint density at radius 1 is 1.20 bits per heavy atom. The van der Waals surface area contributed by atoms with Crippen LogP contribution in [0.3, 0.4) is 0 Å². The van der Waals surface area contributed by atoms with Gasteiger partial charge in [0.05, 0.1) is 6.04 Å². The Labute approximate surface area is 146 Å². The second-order valence-corrected chi connectivity index (χ2v) is 5.91. The zero-order valence-electron chi connectivity index (χ0n) is 14.6. The van der Waals surface area contributed by atoms with Gasteiger partial charge in [0.25, 0.3) is 0 Å². The number of anilines is 1. The molecule has 6 heteroatoms. The fourth-order valence-electron chi connectivity index (χ4n) is 2.25. The van der Waals surface area contributed by atoms with Crippen molar-refractivity contribution in [1.29, 1.82) is 0 Å². The van der Waals surface area contributed by atoms with E-state index in [1.165, 1.54) is 6.07 Å². The van der Waals surface area contributed by atoms with Crippen LogP contribution in [-0.2, 0) is 4.79 Å². The average molecular weight is 348 g/mol. The highest BCUT2D eigenvalue weighted by atomic mass is 19.1. The van der Waals surface area contributed by atoms with E-state index in [1.807, 2.05) is 31.2 Å². The van der Waals surface area contributed by atoms with E-state index in [0.717, 1.165) is 23.4 Å². The number of hydrogen-bond donors (Lipinski definition) is 1. The summed E-state index contributed by atoms with van der Waals surface area (Å²) in [7, 11) is 1.75. The largest absolute Gasteiger partial charge is 0.492 e. The van der Waals surface area contributed by atoms with Crippen LogP contribution in [0.2, 0.25) is 0 Å². The average Bonchev–Trinajstić information content (AvgIpc) is 2.57. The molecule has 0 saturated heterocycles. The topological polar surface area (TPSA) is 41.6 Å². The summed E-state index contributed by atoms with van der Waals surface area (Å²) in [5.74, 6) is -1.32. The maximum absolute atomic E-state index is 13.6. The SMILES string of the molecule is Cc1cccc(OCCN(C)C(C)C(=O)Nc2c(F)cccc2F)c1. The number of carbonyl (C=O) groups excluding carboxylic acids is 1. The molecule has 134 valence electrons. The molecule has 2 aromatic rings. The van der Waals surface area contributed by atoms with E-state index in [2.05, 4.69) is 5.32 Å². The van der Waals surface area contributed by atoms with E-state index in [4.69, 9.17) is 4.74 Å². The van der Waals surface area contributed by atoms with Crippen molar-refractivity contribution in [3.05, 3.63) is 59.7 Å². The summed E-state index contributed by atoms with van der Waals surface area (Å²) in [6.07, 6.45) is 0. The van der Waals surface area contributed by atoms with Crippen LogP contribution in [0.25, 0.3) is 0 Å². The Morgan fingerprint density at radius 3 is 2.48 bits per heavy atom. The predicted molar refractivity (Wildman–Crippen MR) is 93.8 cm³/mol. The standard InChI is InChI=1S/C19H22F2N2O2/c1-13-6-4-7-15(12-13)25-11-10-23(3)14(2)19(24)22-18-16(20)8-5-9-17(18)21/h4-9,12,14H,10-11H2,1-3H3,(H,22,24). The maximum Gasteiger partial charge on any atom is 0.241 e. The molecule has 2 rings (SSSR count). The molecule has 1 atom stereocenters. The van der Waals surface area contributed by atoms with Crippen LogP contribution < -0.4 is 10.1 Å². The van der Waals surface area contributed by atoms with E-state index in [1.54, 1.807) is 18.9 Å². The smallest absolute Gasteiger partial charge is 0.241 e. The number of amides is 1. The number of rotatable bonds is 7. The third kappa shape index (κ3) is 5.26. The number of ether oxygens (including phenoxy) is 1. The number of benzene rings is 2. The number of halogens is 2. The van der Waals surface area contributed by atoms with Crippen molar-refractivity contribution < 1.29 is 18.3 Å². The lowest BCUT2D eigenvalue weighted by atomic mass is 10.2. The van der Waals surface area contributed by atoms with Crippen LogP contribution in [0.1, 0.15) is 12.5 Å². The monoisotopic (exact) mass is 348 g/mol. The molecule has 1 unspecified atom stereocenters. The lowest BCUT2D eigenvalue weighted by molar-refractivity contribution is -0.120. The summed E-state index contributed by atoms with van der Waals surface area (Å²) >= 11 is 0. The number of likely N-dealkylation sites (N-methyl/N-ethyl adjacent to an activating group) is 1. The van der Waals surface area contributed by atoms with Gasteiger partial charge in [-0.2, -0.15) is 0 Å². The van der Waals surface area contributed by atoms with Crippen molar-refractivity contribution in [2.24, 2.45) is 0 Å². The van der Waals surface area contributed by atoms with Gasteiger partial charge in [-0.3, -0.25) is 9.69 Å². The molecule has 1 N–H and O–H groups in total. The van der Waals surface area contributed by atoms with Gasteiger partial charge in [-0.15, -0.1) is 0 Å². The first-order chi connectivity index (χ1) is 11.9. The van der Waals surface area contributed by atoms with Crippen LogP contribution in [0, 0.1) is 18.6 Å². The van der Waals surface area contributed by atoms with Crippen molar-refractivity contribution in [2.75, 3.05) is 25.5 Å². The molecule has 0 heterocycles. The highest BCUT2D eigenvalue weighted by Gasteiger charge is 2.20. The molecular formula is C19H22F2N2O2. The molecule has 0 aromatic heterocycles. The molecule has 0 aliphatic carbocycles. The second kappa shape index (κ2) is 8.58. The summed E-state index contributed by atoms with van der Waals surface area (Å²) in [6, 6.07) is 10.6. The van der Waals surface area contributed by atoms with Gasteiger partial charge >= 0.3 is 0 Å². The van der Waals surface area contributed by atoms with Crippen LogP contribution in [0.15, 0.2) is 42.5 Å². The lowest BCUT2D eigenvalue weighted by Crippen LogP contribution is -2.41. The zero-order valence-corrected chi connectivity index (χ0v) is 14.6. The van der Waals surface area contributed by atoms with Gasteiger partial charge in [0, 0.05) is 6.54 Å². The van der Waals surface area contributed by atoms with E-state index >= 15 is 0 Å². The molecule has 0 radical (unpaired) electrons. The molecule has 0 spiro atoms. The molecule has 0 fully saturated rings. The normalized spacial score (nSPS) is 12.1. The van der Waals surface area contributed by atoms with E-state index in [-0.39, 0.29) is 0 Å². The van der Waals surface area contributed by atoms with Crippen molar-refractivity contribution in [1.82, 2.24) is 4.90 Å². The first-order valence-electron chi connectivity index (χ1n) is 8.03. The van der Waals surface area contributed by atoms with E-state index in [0.29, 0.717) is 13.2 Å². The van der Waals surface area contributed by atoms with Gasteiger partial charge in [0.2, 0.25) is 5.91 Å². The van der Waals surface area contributed by atoms with Gasteiger partial charge < -0.3 is 10.1 Å². The first kappa shape index (κ1) is 18.9. The molecule has 25 heavy (non-hydrogen) atoms. The fraction of sp³-hybridized carbons (Fsp3) is 0.316. The molecular weight excluding hydrogens is 326 g/mol. The van der Waals surface area contributed by atoms with Crippen LogP contribution >= 0.6 is 0 Å². The third-order valence-electron chi connectivity index (χ3n) is 3.95. The third-order valence-corrected chi connectivity index (χ3v) is 3.95. The minimum atomic E-state index is -0.800. The second-order valence-electron chi connectivity index (χ2n) is 5.91. The summed E-state index contributed by atoms with van der Waals surface area (Å²) in [5.41, 5.74) is 0.675. The number of aryl methyl sites for hydroxylation is 1. The first-order valence-corrected chi connectivity index (χ1v) is 8.03. The van der Waals surface area contributed by atoms with Crippen molar-refractivity contribution in [3.63, 3.8) is 0 Å². The van der Waals surface area contributed by atoms with E-state index < -0.39 is 29.3 Å². The molecule has 2 aromatic carbocycles. The Hall–Kier alpha value is -2.47. The maximum atomic E-state index is 13.6. The molecule has 0 saturated carbocycles. The Morgan fingerprint density at radius 2 is 1.84 bits per heavy atom. The highest BCUT2D eigenvalue weighted by Crippen LogP contribution is 2.18. The van der Waals surface area contributed by atoms with Crippen molar-refractivity contribution in [2.45, 2.75) is 19.9 Å². The van der Waals surface area contributed by atoms with Crippen molar-refractivity contribution in [3.8, 4) is 5.75 Å². The lowest BCUT2D eigenvalue weighted by Gasteiger charge is -2.24. The zero-order chi connectivity index (χ0) is 18.4. The number of nitrogens with one attached hydrogen (secondary N) is 1. The number of hydrogen-bond acceptors (Lipinski definition) is 3. The van der Waals surface area contributed by atoms with Gasteiger partial charge in [0.1, 0.15) is 29.7 Å². The summed E-state index contributed by atoms with van der Waals surface area (Å²) in [6.45, 7) is 4.53. The highest BCUT2D eigenvalue weighted by molar-refractivity contribution is 5.94. The van der Waals surface area contributed by atoms with Gasteiger partial charge in [-0.25, -0.2) is 8.78 Å². The molecule has 4 nitrogen and oxygen atoms in total. The molecule has 0 bridgehead atoms. The fourth-order valence-corrected chi connectivity index (χ4v) is 2.25. The van der Waals surface area contributed by atoms with E-state index in [9.17, 15) is 13.6 Å². The minimum absolute atomic E-state index is 0.394. The van der Waals surface area contributed by atoms with Gasteiger partial charge in [-0.05, 0) is 50.7 Å². The van der Waals surface area contributed by atoms with Crippen molar-refractivity contribution >= 4 is 11.6 Å². The number of carbonyl (C=O) groups is 1.